The molecule has 2 aromatic rings. The third-order valence-corrected chi connectivity index (χ3v) is 5.56. The monoisotopic (exact) mass is 324 g/mol. The molecule has 4 rings (SSSR count). The van der Waals surface area contributed by atoms with Crippen molar-refractivity contribution < 1.29 is 0 Å². The van der Waals surface area contributed by atoms with Crippen molar-refractivity contribution in [3.05, 3.63) is 54.1 Å². The number of benzene rings is 1. The average Bonchev–Trinajstić information content (AvgIpc) is 3.10. The lowest BCUT2D eigenvalue weighted by atomic mass is 9.97. The molecule has 1 saturated heterocycles. The highest BCUT2D eigenvalue weighted by molar-refractivity contribution is 5.14. The van der Waals surface area contributed by atoms with E-state index in [1.807, 2.05) is 6.20 Å². The molecule has 4 nitrogen and oxygen atoms in total. The van der Waals surface area contributed by atoms with Gasteiger partial charge in [-0.25, -0.2) is 4.98 Å². The number of nitrogens with zero attached hydrogens (tertiary/aromatic N) is 3. The zero-order valence-electron chi connectivity index (χ0n) is 14.4. The Morgan fingerprint density at radius 2 is 1.92 bits per heavy atom. The van der Waals surface area contributed by atoms with Crippen molar-refractivity contribution in [2.24, 2.45) is 5.92 Å². The zero-order chi connectivity index (χ0) is 16.2. The Hall–Kier alpha value is -1.65. The molecule has 0 spiro atoms. The molecule has 0 radical (unpaired) electrons. The van der Waals surface area contributed by atoms with Gasteiger partial charge in [0.15, 0.2) is 0 Å². The van der Waals surface area contributed by atoms with E-state index in [0.717, 1.165) is 32.0 Å². The van der Waals surface area contributed by atoms with E-state index >= 15 is 0 Å². The molecule has 128 valence electrons. The summed E-state index contributed by atoms with van der Waals surface area (Å²) in [5.41, 5.74) is 1.43. The molecule has 1 aromatic carbocycles. The van der Waals surface area contributed by atoms with Crippen LogP contribution in [0.25, 0.3) is 0 Å². The van der Waals surface area contributed by atoms with Crippen LogP contribution in [0.15, 0.2) is 42.7 Å². The van der Waals surface area contributed by atoms with Crippen molar-refractivity contribution in [3.63, 3.8) is 0 Å². The van der Waals surface area contributed by atoms with Gasteiger partial charge in [-0.3, -0.25) is 4.90 Å². The molecule has 2 aliphatic rings. The largest absolute Gasteiger partial charge is 0.335 e. The van der Waals surface area contributed by atoms with E-state index in [-0.39, 0.29) is 0 Å². The summed E-state index contributed by atoms with van der Waals surface area (Å²) in [7, 11) is 0. The summed E-state index contributed by atoms with van der Waals surface area (Å²) in [6.07, 6.45) is 9.02. The number of fused-ring (bicyclic) bond motifs is 1. The summed E-state index contributed by atoms with van der Waals surface area (Å²) < 4.78 is 2.33. The van der Waals surface area contributed by atoms with Gasteiger partial charge >= 0.3 is 0 Å². The van der Waals surface area contributed by atoms with Crippen LogP contribution in [0.1, 0.15) is 30.7 Å². The summed E-state index contributed by atoms with van der Waals surface area (Å²) >= 11 is 0. The molecule has 0 amide bonds. The van der Waals surface area contributed by atoms with Crippen LogP contribution in [0.4, 0.5) is 0 Å². The predicted octanol–water partition coefficient (Wildman–Crippen LogP) is 2.70. The predicted molar refractivity (Wildman–Crippen MR) is 96.8 cm³/mol. The highest BCUT2D eigenvalue weighted by Gasteiger charge is 2.22. The molecule has 0 saturated carbocycles. The molecule has 2 aliphatic heterocycles. The summed E-state index contributed by atoms with van der Waals surface area (Å²) in [5, 5.41) is 3.84. The normalized spacial score (nSPS) is 22.4. The van der Waals surface area contributed by atoms with Crippen LogP contribution in [0.5, 0.6) is 0 Å². The summed E-state index contributed by atoms with van der Waals surface area (Å²) in [4.78, 5) is 7.01. The molecule has 1 atom stereocenters. The van der Waals surface area contributed by atoms with Crippen LogP contribution in [0.2, 0.25) is 0 Å². The molecular weight excluding hydrogens is 296 g/mol. The standard InChI is InChI=1S/C20H28N4/c1-2-4-17(5-3-1)15-23-11-8-19(9-12-23)22-14-18-6-7-20-21-10-13-24(20)16-18/h1-5,10,13,18-19,22H,6-9,11-12,14-16H2. The highest BCUT2D eigenvalue weighted by atomic mass is 15.1. The average molecular weight is 324 g/mol. The molecule has 24 heavy (non-hydrogen) atoms. The van der Waals surface area contributed by atoms with Gasteiger partial charge in [0, 0.05) is 37.9 Å². The Morgan fingerprint density at radius 3 is 2.75 bits per heavy atom. The van der Waals surface area contributed by atoms with Crippen LogP contribution in [0, 0.1) is 5.92 Å². The minimum absolute atomic E-state index is 0.696. The van der Waals surface area contributed by atoms with Crippen LogP contribution in [-0.2, 0) is 19.5 Å². The summed E-state index contributed by atoms with van der Waals surface area (Å²) in [6, 6.07) is 11.5. The van der Waals surface area contributed by atoms with Gasteiger partial charge in [0.05, 0.1) is 0 Å². The quantitative estimate of drug-likeness (QED) is 0.918. The molecule has 0 bridgehead atoms. The molecular formula is C20H28N4. The second-order valence-corrected chi connectivity index (χ2v) is 7.34. The smallest absolute Gasteiger partial charge is 0.108 e. The lowest BCUT2D eigenvalue weighted by molar-refractivity contribution is 0.185. The maximum Gasteiger partial charge on any atom is 0.108 e. The van der Waals surface area contributed by atoms with Gasteiger partial charge in [-0.05, 0) is 50.4 Å². The first kappa shape index (κ1) is 15.9. The maximum atomic E-state index is 4.42. The van der Waals surface area contributed by atoms with Crippen molar-refractivity contribution in [2.75, 3.05) is 19.6 Å². The van der Waals surface area contributed by atoms with Crippen LogP contribution in [0.3, 0.4) is 0 Å². The van der Waals surface area contributed by atoms with E-state index in [0.29, 0.717) is 6.04 Å². The first-order chi connectivity index (χ1) is 11.9. The van der Waals surface area contributed by atoms with Crippen molar-refractivity contribution in [2.45, 2.75) is 44.8 Å². The van der Waals surface area contributed by atoms with Gasteiger partial charge in [-0.15, -0.1) is 0 Å². The fraction of sp³-hybridized carbons (Fsp3) is 0.550. The van der Waals surface area contributed by atoms with Crippen LogP contribution < -0.4 is 5.32 Å². The van der Waals surface area contributed by atoms with E-state index < -0.39 is 0 Å². The fourth-order valence-corrected chi connectivity index (χ4v) is 4.07. The van der Waals surface area contributed by atoms with Crippen molar-refractivity contribution in [1.29, 1.82) is 0 Å². The highest BCUT2D eigenvalue weighted by Crippen LogP contribution is 2.19. The van der Waals surface area contributed by atoms with Gasteiger partial charge in [-0.1, -0.05) is 30.3 Å². The Morgan fingerprint density at radius 1 is 1.08 bits per heavy atom. The summed E-state index contributed by atoms with van der Waals surface area (Å²) in [5.74, 6) is 2.02. The van der Waals surface area contributed by atoms with Gasteiger partial charge < -0.3 is 9.88 Å². The topological polar surface area (TPSA) is 33.1 Å². The van der Waals surface area contributed by atoms with Gasteiger partial charge in [0.1, 0.15) is 5.82 Å². The Bertz CT molecular complexity index is 628. The SMILES string of the molecule is c1ccc(CN2CCC(NCC3CCc4nccn4C3)CC2)cc1. The second kappa shape index (κ2) is 7.49. The Labute approximate surface area is 144 Å². The van der Waals surface area contributed by atoms with E-state index in [1.54, 1.807) is 0 Å². The third-order valence-electron chi connectivity index (χ3n) is 5.56. The van der Waals surface area contributed by atoms with E-state index in [9.17, 15) is 0 Å². The van der Waals surface area contributed by atoms with E-state index in [2.05, 4.69) is 56.3 Å². The van der Waals surface area contributed by atoms with Crippen molar-refractivity contribution in [1.82, 2.24) is 19.8 Å². The van der Waals surface area contributed by atoms with Gasteiger partial charge in [-0.2, -0.15) is 0 Å². The number of hydrogen-bond acceptors (Lipinski definition) is 3. The molecule has 1 fully saturated rings. The fourth-order valence-electron chi connectivity index (χ4n) is 4.07. The van der Waals surface area contributed by atoms with Crippen molar-refractivity contribution in [3.8, 4) is 0 Å². The third kappa shape index (κ3) is 3.87. The molecule has 0 aliphatic carbocycles. The Balaban J connectivity index is 1.19. The number of likely N-dealkylation sites (tertiary alicyclic amines) is 1. The number of imidazole rings is 1. The number of aromatic nitrogens is 2. The first-order valence-electron chi connectivity index (χ1n) is 9.36. The van der Waals surface area contributed by atoms with E-state index in [4.69, 9.17) is 0 Å². The molecule has 1 unspecified atom stereocenters. The van der Waals surface area contributed by atoms with Crippen LogP contribution >= 0.6 is 0 Å². The lowest BCUT2D eigenvalue weighted by Crippen LogP contribution is -2.44. The summed E-state index contributed by atoms with van der Waals surface area (Å²) in [6.45, 7) is 5.81. The number of piperidine rings is 1. The minimum Gasteiger partial charge on any atom is -0.335 e. The molecule has 4 heteroatoms. The maximum absolute atomic E-state index is 4.42. The van der Waals surface area contributed by atoms with Gasteiger partial charge in [0.2, 0.25) is 0 Å². The van der Waals surface area contributed by atoms with Crippen LogP contribution in [-0.4, -0.2) is 40.1 Å². The molecule has 1 N–H and O–H groups in total. The number of hydrogen-bond donors (Lipinski definition) is 1. The second-order valence-electron chi connectivity index (χ2n) is 7.34. The lowest BCUT2D eigenvalue weighted by Gasteiger charge is -2.34. The van der Waals surface area contributed by atoms with Gasteiger partial charge in [0.25, 0.3) is 0 Å². The molecule has 3 heterocycles. The van der Waals surface area contributed by atoms with Crippen molar-refractivity contribution >= 4 is 0 Å². The number of rotatable bonds is 5. The van der Waals surface area contributed by atoms with E-state index in [1.165, 1.54) is 43.7 Å². The number of aryl methyl sites for hydroxylation is 1. The zero-order valence-corrected chi connectivity index (χ0v) is 14.4. The Kier molecular flexibility index (Phi) is 4.95. The first-order valence-corrected chi connectivity index (χ1v) is 9.36. The minimum atomic E-state index is 0.696. The molecule has 1 aromatic heterocycles. The number of nitrogens with one attached hydrogen (secondary N) is 1.